The van der Waals surface area contributed by atoms with Crippen LogP contribution in [0.4, 0.5) is 11.4 Å². The quantitative estimate of drug-likeness (QED) is 0.517. The molecule has 0 bridgehead atoms. The monoisotopic (exact) mass is 358 g/mol. The fraction of sp³-hybridized carbons (Fsp3) is 0.0455. The molecule has 0 fully saturated rings. The Labute approximate surface area is 155 Å². The van der Waals surface area contributed by atoms with Crippen molar-refractivity contribution < 1.29 is 9.15 Å². The van der Waals surface area contributed by atoms with Crippen LogP contribution in [-0.4, -0.2) is 0 Å². The predicted octanol–water partition coefficient (Wildman–Crippen LogP) is 4.73. The Morgan fingerprint density at radius 2 is 1.70 bits per heavy atom. The van der Waals surface area contributed by atoms with E-state index in [1.807, 2.05) is 30.3 Å². The second-order valence-electron chi connectivity index (χ2n) is 6.31. The predicted molar refractivity (Wildman–Crippen MR) is 108 cm³/mol. The summed E-state index contributed by atoms with van der Waals surface area (Å²) in [5.41, 5.74) is 14.6. The Hall–Kier alpha value is -3.73. The lowest BCUT2D eigenvalue weighted by atomic mass is 10.1. The summed E-state index contributed by atoms with van der Waals surface area (Å²) in [4.78, 5) is 12.8. The van der Waals surface area contributed by atoms with Crippen LogP contribution in [0.25, 0.3) is 22.3 Å². The van der Waals surface area contributed by atoms with Gasteiger partial charge in [0.1, 0.15) is 17.1 Å². The third kappa shape index (κ3) is 3.11. The van der Waals surface area contributed by atoms with Crippen LogP contribution in [0.1, 0.15) is 5.56 Å². The molecule has 0 spiro atoms. The first-order valence-electron chi connectivity index (χ1n) is 8.48. The van der Waals surface area contributed by atoms with Crippen LogP contribution in [0.5, 0.6) is 11.5 Å². The van der Waals surface area contributed by atoms with Gasteiger partial charge in [-0.2, -0.15) is 0 Å². The normalized spacial score (nSPS) is 10.9. The molecule has 4 N–H and O–H groups in total. The smallest absolute Gasteiger partial charge is 0.196 e. The van der Waals surface area contributed by atoms with E-state index in [2.05, 4.69) is 0 Å². The van der Waals surface area contributed by atoms with Crippen LogP contribution in [0.3, 0.4) is 0 Å². The lowest BCUT2D eigenvalue weighted by Gasteiger charge is -2.11. The average Bonchev–Trinajstić information content (AvgIpc) is 2.68. The fourth-order valence-corrected chi connectivity index (χ4v) is 2.96. The molecule has 0 aliphatic rings. The summed E-state index contributed by atoms with van der Waals surface area (Å²) < 4.78 is 11.9. The zero-order valence-electron chi connectivity index (χ0n) is 14.7. The number of hydrogen-bond acceptors (Lipinski definition) is 5. The van der Waals surface area contributed by atoms with E-state index in [0.29, 0.717) is 45.2 Å². The van der Waals surface area contributed by atoms with E-state index >= 15 is 0 Å². The maximum atomic E-state index is 12.8. The molecule has 1 heterocycles. The van der Waals surface area contributed by atoms with Gasteiger partial charge in [0.25, 0.3) is 0 Å². The van der Waals surface area contributed by atoms with Crippen molar-refractivity contribution in [3.05, 3.63) is 82.5 Å². The first-order valence-corrected chi connectivity index (χ1v) is 8.48. The number of ether oxygens (including phenoxy) is 1. The van der Waals surface area contributed by atoms with Crippen molar-refractivity contribution in [3.63, 3.8) is 0 Å². The fourth-order valence-electron chi connectivity index (χ4n) is 2.96. The second kappa shape index (κ2) is 6.53. The molecule has 0 atom stereocenters. The summed E-state index contributed by atoms with van der Waals surface area (Å²) in [5.74, 6) is 1.51. The van der Waals surface area contributed by atoms with Crippen molar-refractivity contribution in [3.8, 4) is 22.8 Å². The molecule has 0 saturated carbocycles. The highest BCUT2D eigenvalue weighted by Crippen LogP contribution is 2.32. The number of fused-ring (bicyclic) bond motifs is 1. The maximum absolute atomic E-state index is 12.8. The SMILES string of the molecule is Cc1c(-c2ccccc2)oc2cc(Oc3cc(N)ccc3N)ccc2c1=O. The number of hydrogen-bond donors (Lipinski definition) is 2. The van der Waals surface area contributed by atoms with E-state index in [0.717, 1.165) is 5.56 Å². The molecule has 0 saturated heterocycles. The Bertz CT molecular complexity index is 1200. The van der Waals surface area contributed by atoms with Gasteiger partial charge in [-0.1, -0.05) is 30.3 Å². The van der Waals surface area contributed by atoms with E-state index < -0.39 is 0 Å². The lowest BCUT2D eigenvalue weighted by Crippen LogP contribution is -2.07. The van der Waals surface area contributed by atoms with Crippen LogP contribution in [0.2, 0.25) is 0 Å². The van der Waals surface area contributed by atoms with Crippen molar-refractivity contribution in [2.24, 2.45) is 0 Å². The van der Waals surface area contributed by atoms with Gasteiger partial charge in [0, 0.05) is 28.9 Å². The first-order chi connectivity index (χ1) is 13.0. The molecule has 4 aromatic rings. The lowest BCUT2D eigenvalue weighted by molar-refractivity contribution is 0.484. The standard InChI is InChI=1S/C22H18N2O3/c1-13-21(25)17-9-8-16(26-20-11-15(23)7-10-18(20)24)12-19(17)27-22(13)14-5-3-2-4-6-14/h2-12H,23-24H2,1H3. The first kappa shape index (κ1) is 16.7. The topological polar surface area (TPSA) is 91.5 Å². The number of anilines is 2. The molecule has 4 rings (SSSR count). The Balaban J connectivity index is 1.83. The summed E-state index contributed by atoms with van der Waals surface area (Å²) in [5, 5.41) is 0.500. The van der Waals surface area contributed by atoms with Gasteiger partial charge in [0.05, 0.1) is 11.1 Å². The Kier molecular flexibility index (Phi) is 4.05. The van der Waals surface area contributed by atoms with Crippen molar-refractivity contribution in [2.45, 2.75) is 6.92 Å². The van der Waals surface area contributed by atoms with Gasteiger partial charge in [-0.15, -0.1) is 0 Å². The van der Waals surface area contributed by atoms with Gasteiger partial charge in [-0.25, -0.2) is 0 Å². The second-order valence-corrected chi connectivity index (χ2v) is 6.31. The number of nitrogens with two attached hydrogens (primary N) is 2. The van der Waals surface area contributed by atoms with E-state index in [1.165, 1.54) is 0 Å². The molecule has 0 aliphatic heterocycles. The highest BCUT2D eigenvalue weighted by Gasteiger charge is 2.13. The molecule has 0 unspecified atom stereocenters. The molecule has 27 heavy (non-hydrogen) atoms. The third-order valence-electron chi connectivity index (χ3n) is 4.39. The Morgan fingerprint density at radius 1 is 0.926 bits per heavy atom. The molecule has 0 radical (unpaired) electrons. The van der Waals surface area contributed by atoms with E-state index in [1.54, 1.807) is 43.3 Å². The average molecular weight is 358 g/mol. The van der Waals surface area contributed by atoms with E-state index in [9.17, 15) is 4.79 Å². The minimum absolute atomic E-state index is 0.0647. The van der Waals surface area contributed by atoms with E-state index in [4.69, 9.17) is 20.6 Å². The zero-order chi connectivity index (χ0) is 19.0. The van der Waals surface area contributed by atoms with Gasteiger partial charge in [-0.3, -0.25) is 4.79 Å². The van der Waals surface area contributed by atoms with Crippen LogP contribution in [-0.2, 0) is 0 Å². The minimum Gasteiger partial charge on any atom is -0.455 e. The van der Waals surface area contributed by atoms with Gasteiger partial charge >= 0.3 is 0 Å². The molecule has 0 amide bonds. The molecule has 134 valence electrons. The third-order valence-corrected chi connectivity index (χ3v) is 4.39. The number of rotatable bonds is 3. The number of nitrogen functional groups attached to an aromatic ring is 2. The Morgan fingerprint density at radius 3 is 2.48 bits per heavy atom. The zero-order valence-corrected chi connectivity index (χ0v) is 14.7. The molecular formula is C22H18N2O3. The summed E-state index contributed by atoms with van der Waals surface area (Å²) >= 11 is 0. The van der Waals surface area contributed by atoms with Crippen LogP contribution in [0, 0.1) is 6.92 Å². The highest BCUT2D eigenvalue weighted by molar-refractivity contribution is 5.81. The summed E-state index contributed by atoms with van der Waals surface area (Å²) in [6, 6.07) is 19.7. The summed E-state index contributed by atoms with van der Waals surface area (Å²) in [7, 11) is 0. The van der Waals surface area contributed by atoms with Gasteiger partial charge in [0.15, 0.2) is 11.2 Å². The number of benzene rings is 3. The maximum Gasteiger partial charge on any atom is 0.196 e. The van der Waals surface area contributed by atoms with Crippen LogP contribution in [0.15, 0.2) is 75.9 Å². The van der Waals surface area contributed by atoms with Crippen molar-refractivity contribution in [2.75, 3.05) is 11.5 Å². The molecule has 3 aromatic carbocycles. The van der Waals surface area contributed by atoms with Crippen molar-refractivity contribution in [1.29, 1.82) is 0 Å². The van der Waals surface area contributed by atoms with Crippen molar-refractivity contribution >= 4 is 22.3 Å². The highest BCUT2D eigenvalue weighted by atomic mass is 16.5. The minimum atomic E-state index is -0.0647. The van der Waals surface area contributed by atoms with Gasteiger partial charge < -0.3 is 20.6 Å². The molecular weight excluding hydrogens is 340 g/mol. The molecule has 5 heteroatoms. The van der Waals surface area contributed by atoms with Gasteiger partial charge in [0.2, 0.25) is 0 Å². The molecule has 5 nitrogen and oxygen atoms in total. The van der Waals surface area contributed by atoms with Gasteiger partial charge in [-0.05, 0) is 31.2 Å². The van der Waals surface area contributed by atoms with Crippen molar-refractivity contribution in [1.82, 2.24) is 0 Å². The largest absolute Gasteiger partial charge is 0.455 e. The summed E-state index contributed by atoms with van der Waals surface area (Å²) in [6.45, 7) is 1.77. The van der Waals surface area contributed by atoms with Crippen LogP contribution < -0.4 is 21.6 Å². The molecule has 0 aliphatic carbocycles. The van der Waals surface area contributed by atoms with Crippen LogP contribution >= 0.6 is 0 Å². The molecule has 1 aromatic heterocycles. The summed E-state index contributed by atoms with van der Waals surface area (Å²) in [6.07, 6.45) is 0. The van der Waals surface area contributed by atoms with E-state index in [-0.39, 0.29) is 5.43 Å².